The molecule has 2 aromatic rings. The van der Waals surface area contributed by atoms with Crippen molar-refractivity contribution in [2.45, 2.75) is 39.8 Å². The maximum absolute atomic E-state index is 13.6. The predicted molar refractivity (Wildman–Crippen MR) is 123 cm³/mol. The molecule has 11 heteroatoms. The summed E-state index contributed by atoms with van der Waals surface area (Å²) >= 11 is 0. The van der Waals surface area contributed by atoms with Crippen LogP contribution in [0.1, 0.15) is 39.2 Å². The van der Waals surface area contributed by atoms with Crippen molar-refractivity contribution >= 4 is 34.5 Å². The first-order valence-electron chi connectivity index (χ1n) is 10.9. The molecule has 4 rings (SSSR count). The van der Waals surface area contributed by atoms with Crippen molar-refractivity contribution in [3.8, 4) is 0 Å². The van der Waals surface area contributed by atoms with E-state index in [1.807, 2.05) is 6.92 Å². The second-order valence-corrected chi connectivity index (χ2v) is 9.57. The number of nitrogens with zero attached hydrogens (tertiary/aromatic N) is 2. The van der Waals surface area contributed by atoms with Crippen molar-refractivity contribution in [3.05, 3.63) is 64.2 Å². The number of nitrogens with one attached hydrogen (secondary N) is 2. The number of hydrazone groups is 1. The lowest BCUT2D eigenvalue weighted by Crippen LogP contribution is -2.48. The van der Waals surface area contributed by atoms with Gasteiger partial charge < -0.3 is 5.32 Å². The molecule has 8 nitrogen and oxygen atoms in total. The monoisotopic (exact) mass is 488 g/mol. The number of nitro benzene ring substituents is 1. The summed E-state index contributed by atoms with van der Waals surface area (Å²) in [5, 5.41) is 17.5. The minimum Gasteiger partial charge on any atom is -0.325 e. The van der Waals surface area contributed by atoms with Crippen molar-refractivity contribution in [2.75, 3.05) is 10.7 Å². The molecular weight excluding hydrogens is 465 g/mol. The number of benzene rings is 2. The molecule has 2 unspecified atom stereocenters. The fraction of sp³-hybridized carbons (Fsp3) is 0.375. The lowest BCUT2D eigenvalue weighted by atomic mass is 9.64. The number of carbonyl (C=O) groups is 2. The van der Waals surface area contributed by atoms with Gasteiger partial charge in [0.25, 0.3) is 5.69 Å². The first kappa shape index (κ1) is 24.4. The molecule has 2 fully saturated rings. The number of non-ortho nitro benzene ring substituents is 1. The van der Waals surface area contributed by atoms with Gasteiger partial charge in [-0.15, -0.1) is 0 Å². The number of carbonyl (C=O) groups excluding carboxylic acids is 2. The number of hydrogen-bond donors (Lipinski definition) is 2. The van der Waals surface area contributed by atoms with Crippen LogP contribution in [0.2, 0.25) is 0 Å². The smallest absolute Gasteiger partial charge is 0.325 e. The SMILES string of the molecule is CC12CCC(C(=O)Nc3ccccc3C(F)(F)F)(C(=O)C1=NNc1ccc([N+](=O)[O-])cc1)C2(C)C. The fourth-order valence-electron chi connectivity index (χ4n) is 5.32. The van der Waals surface area contributed by atoms with Gasteiger partial charge in [0.2, 0.25) is 5.91 Å². The predicted octanol–water partition coefficient (Wildman–Crippen LogP) is 5.42. The normalized spacial score (nSPS) is 26.1. The number of para-hydroxylation sites is 1. The van der Waals surface area contributed by atoms with Crippen LogP contribution in [-0.4, -0.2) is 22.3 Å². The minimum absolute atomic E-state index is 0.109. The van der Waals surface area contributed by atoms with E-state index in [1.54, 1.807) is 13.8 Å². The maximum atomic E-state index is 13.6. The second kappa shape index (κ2) is 7.89. The Morgan fingerprint density at radius 2 is 1.69 bits per heavy atom. The number of amides is 1. The highest BCUT2D eigenvalue weighted by Gasteiger charge is 2.76. The summed E-state index contributed by atoms with van der Waals surface area (Å²) in [6.07, 6.45) is -4.07. The molecule has 0 spiro atoms. The van der Waals surface area contributed by atoms with Crippen molar-refractivity contribution in [3.63, 3.8) is 0 Å². The topological polar surface area (TPSA) is 114 Å². The molecule has 2 aromatic carbocycles. The van der Waals surface area contributed by atoms with Crippen LogP contribution in [0.3, 0.4) is 0 Å². The van der Waals surface area contributed by atoms with Gasteiger partial charge in [-0.3, -0.25) is 25.1 Å². The summed E-state index contributed by atoms with van der Waals surface area (Å²) in [6, 6.07) is 10.1. The highest BCUT2D eigenvalue weighted by atomic mass is 19.4. The van der Waals surface area contributed by atoms with Gasteiger partial charge in [-0.1, -0.05) is 32.9 Å². The van der Waals surface area contributed by atoms with Gasteiger partial charge in [0.15, 0.2) is 5.78 Å². The van der Waals surface area contributed by atoms with Gasteiger partial charge >= 0.3 is 6.18 Å². The van der Waals surface area contributed by atoms with Crippen LogP contribution in [0.15, 0.2) is 53.6 Å². The van der Waals surface area contributed by atoms with E-state index >= 15 is 0 Å². The van der Waals surface area contributed by atoms with Crippen molar-refractivity contribution < 1.29 is 27.7 Å². The van der Waals surface area contributed by atoms with Gasteiger partial charge in [0, 0.05) is 17.5 Å². The average Bonchev–Trinajstić information content (AvgIpc) is 3.07. The highest BCUT2D eigenvalue weighted by molar-refractivity contribution is 6.51. The van der Waals surface area contributed by atoms with E-state index in [0.29, 0.717) is 12.1 Å². The first-order chi connectivity index (χ1) is 16.3. The van der Waals surface area contributed by atoms with Gasteiger partial charge in [0.05, 0.1) is 21.9 Å². The van der Waals surface area contributed by atoms with E-state index in [1.165, 1.54) is 36.4 Å². The number of halogens is 3. The standard InChI is InChI=1S/C24H23F3N4O4/c1-21(2)22(3)12-13-23(21,20(33)28-17-7-5-4-6-16(17)24(25,26)27)19(32)18(22)30-29-14-8-10-15(11-9-14)31(34)35/h4-11,29H,12-13H2,1-3H3,(H,28,33). The molecule has 0 aliphatic heterocycles. The molecule has 1 amide bonds. The van der Waals surface area contributed by atoms with Crippen LogP contribution >= 0.6 is 0 Å². The second-order valence-electron chi connectivity index (χ2n) is 9.57. The first-order valence-corrected chi connectivity index (χ1v) is 10.9. The molecule has 2 N–H and O–H groups in total. The highest BCUT2D eigenvalue weighted by Crippen LogP contribution is 2.69. The number of Topliss-reactive ketones (excluding diaryl/α,β-unsaturated/α-hetero) is 1. The summed E-state index contributed by atoms with van der Waals surface area (Å²) in [5.74, 6) is -1.35. The number of ketones is 1. The van der Waals surface area contributed by atoms with Crippen LogP contribution < -0.4 is 10.7 Å². The molecule has 0 saturated heterocycles. The number of fused-ring (bicyclic) bond motifs is 2. The van der Waals surface area contributed by atoms with Crippen LogP contribution in [0.5, 0.6) is 0 Å². The van der Waals surface area contributed by atoms with E-state index < -0.39 is 50.3 Å². The molecule has 2 bridgehead atoms. The van der Waals surface area contributed by atoms with E-state index in [4.69, 9.17) is 0 Å². The average molecular weight is 488 g/mol. The van der Waals surface area contributed by atoms with Gasteiger partial charge in [0.1, 0.15) is 11.1 Å². The largest absolute Gasteiger partial charge is 0.418 e. The number of nitro groups is 1. The Morgan fingerprint density at radius 3 is 2.29 bits per heavy atom. The molecule has 0 heterocycles. The number of hydrogen-bond acceptors (Lipinski definition) is 6. The Kier molecular flexibility index (Phi) is 5.49. The third kappa shape index (κ3) is 3.48. The summed E-state index contributed by atoms with van der Waals surface area (Å²) < 4.78 is 40.4. The maximum Gasteiger partial charge on any atom is 0.418 e. The molecule has 35 heavy (non-hydrogen) atoms. The van der Waals surface area contributed by atoms with E-state index in [9.17, 15) is 32.9 Å². The molecule has 0 radical (unpaired) electrons. The van der Waals surface area contributed by atoms with Crippen LogP contribution in [0.4, 0.5) is 30.2 Å². The summed E-state index contributed by atoms with van der Waals surface area (Å²) in [5.41, 5.74) is -1.63. The van der Waals surface area contributed by atoms with Crippen LogP contribution in [0.25, 0.3) is 0 Å². The Labute approximate surface area is 198 Å². The Balaban J connectivity index is 1.68. The molecule has 0 aromatic heterocycles. The van der Waals surface area contributed by atoms with Gasteiger partial charge in [-0.25, -0.2) is 0 Å². The molecule has 184 valence electrons. The Bertz CT molecular complexity index is 1260. The van der Waals surface area contributed by atoms with E-state index in [0.717, 1.165) is 12.1 Å². The van der Waals surface area contributed by atoms with Gasteiger partial charge in [-0.2, -0.15) is 18.3 Å². The lowest BCUT2D eigenvalue weighted by Gasteiger charge is -2.37. The Morgan fingerprint density at radius 1 is 1.06 bits per heavy atom. The number of anilines is 2. The van der Waals surface area contributed by atoms with Gasteiger partial charge in [-0.05, 0) is 42.5 Å². The molecule has 2 aliphatic rings. The third-order valence-corrected chi connectivity index (χ3v) is 7.81. The van der Waals surface area contributed by atoms with Crippen molar-refractivity contribution in [1.29, 1.82) is 0 Å². The summed E-state index contributed by atoms with van der Waals surface area (Å²) in [4.78, 5) is 37.5. The quantitative estimate of drug-likeness (QED) is 0.332. The van der Waals surface area contributed by atoms with Crippen molar-refractivity contribution in [1.82, 2.24) is 0 Å². The summed E-state index contributed by atoms with van der Waals surface area (Å²) in [6.45, 7) is 5.32. The molecular formula is C24H23F3N4O4. The number of alkyl halides is 3. The molecule has 2 saturated carbocycles. The molecule has 2 atom stereocenters. The van der Waals surface area contributed by atoms with Crippen molar-refractivity contribution in [2.24, 2.45) is 21.3 Å². The summed E-state index contributed by atoms with van der Waals surface area (Å²) in [7, 11) is 0. The van der Waals surface area contributed by atoms with Crippen LogP contribution in [-0.2, 0) is 15.8 Å². The van der Waals surface area contributed by atoms with E-state index in [-0.39, 0.29) is 17.8 Å². The Hall–Kier alpha value is -3.76. The number of rotatable bonds is 5. The third-order valence-electron chi connectivity index (χ3n) is 7.81. The minimum atomic E-state index is -4.68. The zero-order chi connectivity index (χ0) is 25.8. The molecule has 2 aliphatic carbocycles. The zero-order valence-electron chi connectivity index (χ0n) is 19.2. The lowest BCUT2D eigenvalue weighted by molar-refractivity contribution is -0.384. The fourth-order valence-corrected chi connectivity index (χ4v) is 5.32. The van der Waals surface area contributed by atoms with E-state index in [2.05, 4.69) is 15.8 Å². The van der Waals surface area contributed by atoms with Crippen LogP contribution in [0, 0.1) is 26.4 Å². The zero-order valence-corrected chi connectivity index (χ0v) is 19.2.